The highest BCUT2D eigenvalue weighted by molar-refractivity contribution is 5.84. The van der Waals surface area contributed by atoms with E-state index in [1.54, 1.807) is 18.2 Å². The molecule has 116 valence electrons. The van der Waals surface area contributed by atoms with Crippen LogP contribution in [0.4, 0.5) is 4.39 Å². The molecule has 0 amide bonds. The van der Waals surface area contributed by atoms with Gasteiger partial charge in [0.2, 0.25) is 0 Å². The molecule has 0 radical (unpaired) electrons. The van der Waals surface area contributed by atoms with Gasteiger partial charge in [0.15, 0.2) is 5.43 Å². The van der Waals surface area contributed by atoms with Crippen LogP contribution in [0.15, 0.2) is 89.7 Å². The minimum atomic E-state index is -0.287. The Morgan fingerprint density at radius 1 is 0.750 bits per heavy atom. The number of hydrogen-bond acceptors (Lipinski definition) is 1. The maximum atomic E-state index is 13.3. The van der Waals surface area contributed by atoms with Crippen LogP contribution in [0.2, 0.25) is 0 Å². The summed E-state index contributed by atoms with van der Waals surface area (Å²) in [6.07, 6.45) is 0. The summed E-state index contributed by atoms with van der Waals surface area (Å²) in [5.74, 6) is -0.287. The predicted octanol–water partition coefficient (Wildman–Crippen LogP) is 4.80. The Balaban J connectivity index is 2.13. The number of hydrogen-bond donors (Lipinski definition) is 0. The zero-order valence-electron chi connectivity index (χ0n) is 12.8. The molecule has 0 N–H and O–H groups in total. The van der Waals surface area contributed by atoms with Crippen molar-refractivity contribution in [2.75, 3.05) is 0 Å². The van der Waals surface area contributed by atoms with E-state index in [2.05, 4.69) is 0 Å². The number of para-hydroxylation sites is 1. The summed E-state index contributed by atoms with van der Waals surface area (Å²) in [5.41, 5.74) is 3.31. The quantitative estimate of drug-likeness (QED) is 0.521. The first-order valence-electron chi connectivity index (χ1n) is 7.70. The fourth-order valence-electron chi connectivity index (χ4n) is 2.96. The zero-order chi connectivity index (χ0) is 16.5. The summed E-state index contributed by atoms with van der Waals surface area (Å²) < 4.78 is 15.3. The molecule has 24 heavy (non-hydrogen) atoms. The molecular formula is C21H14FNO. The molecule has 0 aliphatic carbocycles. The van der Waals surface area contributed by atoms with E-state index < -0.39 is 0 Å². The minimum absolute atomic E-state index is 0.0252. The largest absolute Gasteiger partial charge is 0.309 e. The van der Waals surface area contributed by atoms with Gasteiger partial charge in [-0.2, -0.15) is 0 Å². The second-order valence-corrected chi connectivity index (χ2v) is 5.59. The monoisotopic (exact) mass is 315 g/mol. The highest BCUT2D eigenvalue weighted by Crippen LogP contribution is 2.26. The molecule has 0 fully saturated rings. The number of benzene rings is 3. The Morgan fingerprint density at radius 3 is 2.17 bits per heavy atom. The van der Waals surface area contributed by atoms with Crippen LogP contribution < -0.4 is 5.43 Å². The second-order valence-electron chi connectivity index (χ2n) is 5.59. The third-order valence-corrected chi connectivity index (χ3v) is 4.07. The molecule has 0 saturated carbocycles. The lowest BCUT2D eigenvalue weighted by molar-refractivity contribution is 0.627. The number of rotatable bonds is 2. The zero-order valence-corrected chi connectivity index (χ0v) is 12.8. The molecule has 4 aromatic rings. The van der Waals surface area contributed by atoms with E-state index in [1.807, 2.05) is 59.2 Å². The molecule has 2 nitrogen and oxygen atoms in total. The van der Waals surface area contributed by atoms with E-state index in [0.29, 0.717) is 5.39 Å². The van der Waals surface area contributed by atoms with E-state index in [9.17, 15) is 9.18 Å². The van der Waals surface area contributed by atoms with Gasteiger partial charge in [0, 0.05) is 17.1 Å². The number of pyridine rings is 1. The van der Waals surface area contributed by atoms with Crippen LogP contribution in [0.3, 0.4) is 0 Å². The van der Waals surface area contributed by atoms with Crippen LogP contribution >= 0.6 is 0 Å². The average molecular weight is 315 g/mol. The summed E-state index contributed by atoms with van der Waals surface area (Å²) in [6, 6.07) is 25.1. The number of fused-ring (bicyclic) bond motifs is 1. The summed E-state index contributed by atoms with van der Waals surface area (Å²) in [4.78, 5) is 12.5. The van der Waals surface area contributed by atoms with Crippen molar-refractivity contribution in [2.45, 2.75) is 0 Å². The molecule has 4 rings (SSSR count). The van der Waals surface area contributed by atoms with E-state index in [0.717, 1.165) is 22.5 Å². The van der Waals surface area contributed by atoms with E-state index >= 15 is 0 Å². The van der Waals surface area contributed by atoms with Crippen molar-refractivity contribution < 1.29 is 4.39 Å². The van der Waals surface area contributed by atoms with E-state index in [-0.39, 0.29) is 11.2 Å². The molecular weight excluding hydrogens is 301 g/mol. The Labute approximate surface area is 138 Å². The smallest absolute Gasteiger partial charge is 0.190 e. The van der Waals surface area contributed by atoms with Crippen molar-refractivity contribution in [1.82, 2.24) is 4.57 Å². The molecule has 0 spiro atoms. The maximum absolute atomic E-state index is 13.3. The van der Waals surface area contributed by atoms with Crippen LogP contribution in [0.5, 0.6) is 0 Å². The Morgan fingerprint density at radius 2 is 1.42 bits per heavy atom. The summed E-state index contributed by atoms with van der Waals surface area (Å²) in [7, 11) is 0. The molecule has 0 aliphatic heterocycles. The summed E-state index contributed by atoms with van der Waals surface area (Å²) >= 11 is 0. The lowest BCUT2D eigenvalue weighted by Crippen LogP contribution is -2.10. The molecule has 3 aromatic carbocycles. The van der Waals surface area contributed by atoms with Gasteiger partial charge in [-0.15, -0.1) is 0 Å². The molecule has 0 unspecified atom stereocenters. The predicted molar refractivity (Wildman–Crippen MR) is 94.9 cm³/mol. The first-order valence-corrected chi connectivity index (χ1v) is 7.70. The van der Waals surface area contributed by atoms with Crippen molar-refractivity contribution in [1.29, 1.82) is 0 Å². The summed E-state index contributed by atoms with van der Waals surface area (Å²) in [5, 5.41) is 0.640. The third-order valence-electron chi connectivity index (χ3n) is 4.07. The van der Waals surface area contributed by atoms with Crippen molar-refractivity contribution in [3.8, 4) is 16.9 Å². The fourth-order valence-corrected chi connectivity index (χ4v) is 2.96. The molecule has 3 heteroatoms. The van der Waals surface area contributed by atoms with Crippen LogP contribution in [0.25, 0.3) is 27.8 Å². The molecule has 1 heterocycles. The molecule has 0 saturated heterocycles. The van der Waals surface area contributed by atoms with Gasteiger partial charge in [0.05, 0.1) is 11.2 Å². The van der Waals surface area contributed by atoms with E-state index in [4.69, 9.17) is 0 Å². The maximum Gasteiger partial charge on any atom is 0.190 e. The van der Waals surface area contributed by atoms with Gasteiger partial charge in [-0.1, -0.05) is 42.5 Å². The fraction of sp³-hybridized carbons (Fsp3) is 0. The lowest BCUT2D eigenvalue weighted by Gasteiger charge is -2.17. The van der Waals surface area contributed by atoms with Gasteiger partial charge >= 0.3 is 0 Å². The van der Waals surface area contributed by atoms with Gasteiger partial charge in [-0.3, -0.25) is 4.79 Å². The summed E-state index contributed by atoms with van der Waals surface area (Å²) in [6.45, 7) is 0. The first kappa shape index (κ1) is 14.4. The molecule has 0 atom stereocenters. The first-order chi connectivity index (χ1) is 11.7. The molecule has 1 aromatic heterocycles. The Bertz CT molecular complexity index is 1070. The average Bonchev–Trinajstić information content (AvgIpc) is 2.63. The number of halogens is 1. The third kappa shape index (κ3) is 2.40. The Kier molecular flexibility index (Phi) is 3.47. The Hall–Kier alpha value is -3.20. The van der Waals surface area contributed by atoms with Crippen molar-refractivity contribution >= 4 is 10.9 Å². The SMILES string of the molecule is O=c1cc(-c2ccccc2)n(-c2ccc(F)cc2)c2ccccc12. The lowest BCUT2D eigenvalue weighted by atomic mass is 10.1. The van der Waals surface area contributed by atoms with Gasteiger partial charge in [-0.25, -0.2) is 4.39 Å². The second kappa shape index (κ2) is 5.78. The number of nitrogens with zero attached hydrogens (tertiary/aromatic N) is 1. The topological polar surface area (TPSA) is 22.0 Å². The van der Waals surface area contributed by atoms with Crippen LogP contribution in [0.1, 0.15) is 0 Å². The van der Waals surface area contributed by atoms with Gasteiger partial charge < -0.3 is 4.57 Å². The van der Waals surface area contributed by atoms with Gasteiger partial charge in [0.25, 0.3) is 0 Å². The highest BCUT2D eigenvalue weighted by atomic mass is 19.1. The highest BCUT2D eigenvalue weighted by Gasteiger charge is 2.12. The minimum Gasteiger partial charge on any atom is -0.309 e. The van der Waals surface area contributed by atoms with E-state index in [1.165, 1.54) is 12.1 Å². The van der Waals surface area contributed by atoms with Crippen molar-refractivity contribution in [3.63, 3.8) is 0 Å². The van der Waals surface area contributed by atoms with Crippen molar-refractivity contribution in [2.24, 2.45) is 0 Å². The van der Waals surface area contributed by atoms with Crippen LogP contribution in [-0.4, -0.2) is 4.57 Å². The number of aromatic nitrogens is 1. The standard InChI is InChI=1S/C21H14FNO/c22-16-10-12-17(13-11-16)23-19-9-5-4-8-18(19)21(24)14-20(23)15-6-2-1-3-7-15/h1-14H. The van der Waals surface area contributed by atoms with Gasteiger partial charge in [-0.05, 0) is 42.0 Å². The molecule has 0 bridgehead atoms. The normalized spacial score (nSPS) is 10.9. The van der Waals surface area contributed by atoms with Crippen molar-refractivity contribution in [3.05, 3.63) is 101 Å². The van der Waals surface area contributed by atoms with Crippen LogP contribution in [-0.2, 0) is 0 Å². The van der Waals surface area contributed by atoms with Crippen LogP contribution in [0, 0.1) is 5.82 Å². The van der Waals surface area contributed by atoms with Gasteiger partial charge in [0.1, 0.15) is 5.82 Å². The molecule has 0 aliphatic rings.